The largest absolute Gasteiger partial charge is 0.488 e. The highest BCUT2D eigenvalue weighted by Crippen LogP contribution is 2.41. The fourth-order valence-corrected chi connectivity index (χ4v) is 3.09. The van der Waals surface area contributed by atoms with Crippen molar-refractivity contribution in [2.75, 3.05) is 13.1 Å². The van der Waals surface area contributed by atoms with E-state index in [0.29, 0.717) is 12.0 Å². The molecule has 2 aliphatic rings. The second kappa shape index (κ2) is 5.10. The molecule has 3 rings (SSSR count). The third-order valence-electron chi connectivity index (χ3n) is 4.00. The molecule has 98 valence electrons. The van der Waals surface area contributed by atoms with Crippen LogP contribution in [0.25, 0.3) is 0 Å². The summed E-state index contributed by atoms with van der Waals surface area (Å²) in [5, 5.41) is 4.17. The fourth-order valence-electron chi connectivity index (χ4n) is 2.81. The first-order valence-corrected chi connectivity index (χ1v) is 7.25. The lowest BCUT2D eigenvalue weighted by Crippen LogP contribution is -2.30. The molecular formula is C15H20ClNO. The summed E-state index contributed by atoms with van der Waals surface area (Å²) in [5.74, 6) is 2.24. The lowest BCUT2D eigenvalue weighted by atomic mass is 9.97. The van der Waals surface area contributed by atoms with E-state index >= 15 is 0 Å². The smallest absolute Gasteiger partial charge is 0.138 e. The van der Waals surface area contributed by atoms with E-state index in [2.05, 4.69) is 18.3 Å². The molecule has 1 aromatic carbocycles. The summed E-state index contributed by atoms with van der Waals surface area (Å²) in [6, 6.07) is 6.06. The van der Waals surface area contributed by atoms with Crippen molar-refractivity contribution in [3.05, 3.63) is 28.8 Å². The Hall–Kier alpha value is -0.730. The van der Waals surface area contributed by atoms with E-state index in [1.165, 1.54) is 24.8 Å². The Morgan fingerprint density at radius 1 is 1.28 bits per heavy atom. The SMILES string of the molecule is Cc1ccc(OC(C2CC2)C2CCNC2)c(Cl)c1. The third-order valence-corrected chi connectivity index (χ3v) is 4.30. The van der Waals surface area contributed by atoms with Crippen LogP contribution in [0, 0.1) is 18.8 Å². The predicted molar refractivity (Wildman–Crippen MR) is 74.3 cm³/mol. The number of nitrogens with one attached hydrogen (secondary N) is 1. The first kappa shape index (κ1) is 12.3. The van der Waals surface area contributed by atoms with Gasteiger partial charge in [-0.2, -0.15) is 0 Å². The molecule has 0 aromatic heterocycles. The van der Waals surface area contributed by atoms with Crippen molar-refractivity contribution in [2.24, 2.45) is 11.8 Å². The Balaban J connectivity index is 1.75. The zero-order valence-corrected chi connectivity index (χ0v) is 11.5. The molecule has 1 aliphatic heterocycles. The number of halogens is 1. The number of hydrogen-bond donors (Lipinski definition) is 1. The van der Waals surface area contributed by atoms with Crippen LogP contribution in [-0.4, -0.2) is 19.2 Å². The van der Waals surface area contributed by atoms with Crippen molar-refractivity contribution in [2.45, 2.75) is 32.3 Å². The Morgan fingerprint density at radius 3 is 2.72 bits per heavy atom. The molecule has 0 bridgehead atoms. The molecule has 2 unspecified atom stereocenters. The highest BCUT2D eigenvalue weighted by atomic mass is 35.5. The summed E-state index contributed by atoms with van der Waals surface area (Å²) in [6.07, 6.45) is 4.19. The van der Waals surface area contributed by atoms with Crippen molar-refractivity contribution < 1.29 is 4.74 Å². The van der Waals surface area contributed by atoms with Crippen molar-refractivity contribution in [3.8, 4) is 5.75 Å². The first-order valence-electron chi connectivity index (χ1n) is 6.87. The van der Waals surface area contributed by atoms with E-state index in [4.69, 9.17) is 16.3 Å². The van der Waals surface area contributed by atoms with Gasteiger partial charge in [0.2, 0.25) is 0 Å². The van der Waals surface area contributed by atoms with Crippen LogP contribution in [0.3, 0.4) is 0 Å². The maximum absolute atomic E-state index is 6.26. The monoisotopic (exact) mass is 265 g/mol. The van der Waals surface area contributed by atoms with Gasteiger partial charge in [-0.05, 0) is 56.3 Å². The van der Waals surface area contributed by atoms with E-state index in [1.54, 1.807) is 0 Å². The summed E-state index contributed by atoms with van der Waals surface area (Å²) in [7, 11) is 0. The number of aryl methyl sites for hydroxylation is 1. The standard InChI is InChI=1S/C15H20ClNO/c1-10-2-5-14(13(16)8-10)18-15(11-3-4-11)12-6-7-17-9-12/h2,5,8,11-12,15,17H,3-4,6-7,9H2,1H3. The van der Waals surface area contributed by atoms with Gasteiger partial charge >= 0.3 is 0 Å². The van der Waals surface area contributed by atoms with Crippen molar-refractivity contribution >= 4 is 11.6 Å². The maximum atomic E-state index is 6.26. The van der Waals surface area contributed by atoms with Crippen LogP contribution in [0.15, 0.2) is 18.2 Å². The molecule has 2 fully saturated rings. The molecule has 0 spiro atoms. The first-order chi connectivity index (χ1) is 8.74. The average molecular weight is 266 g/mol. The maximum Gasteiger partial charge on any atom is 0.138 e. The van der Waals surface area contributed by atoms with Gasteiger partial charge in [0.15, 0.2) is 0 Å². The molecule has 18 heavy (non-hydrogen) atoms. The third kappa shape index (κ3) is 2.65. The summed E-state index contributed by atoms with van der Waals surface area (Å²) in [5.41, 5.74) is 1.18. The van der Waals surface area contributed by atoms with Crippen molar-refractivity contribution in [3.63, 3.8) is 0 Å². The highest BCUT2D eigenvalue weighted by molar-refractivity contribution is 6.32. The summed E-state index contributed by atoms with van der Waals surface area (Å²) < 4.78 is 6.24. The molecule has 2 nitrogen and oxygen atoms in total. The van der Waals surface area contributed by atoms with Crippen molar-refractivity contribution in [1.82, 2.24) is 5.32 Å². The van der Waals surface area contributed by atoms with Crippen LogP contribution in [0.1, 0.15) is 24.8 Å². The van der Waals surface area contributed by atoms with Gasteiger partial charge in [-0.25, -0.2) is 0 Å². The minimum absolute atomic E-state index is 0.347. The van der Waals surface area contributed by atoms with Crippen LogP contribution in [0.4, 0.5) is 0 Å². The van der Waals surface area contributed by atoms with E-state index in [9.17, 15) is 0 Å². The number of benzene rings is 1. The molecule has 2 atom stereocenters. The zero-order chi connectivity index (χ0) is 12.5. The molecule has 0 radical (unpaired) electrons. The Kier molecular flexibility index (Phi) is 3.49. The topological polar surface area (TPSA) is 21.3 Å². The van der Waals surface area contributed by atoms with E-state index < -0.39 is 0 Å². The summed E-state index contributed by atoms with van der Waals surface area (Å²) in [4.78, 5) is 0. The second-order valence-corrected chi connectivity index (χ2v) is 6.01. The van der Waals surface area contributed by atoms with Gasteiger partial charge < -0.3 is 10.1 Å². The minimum atomic E-state index is 0.347. The lowest BCUT2D eigenvalue weighted by Gasteiger charge is -2.25. The molecule has 1 heterocycles. The van der Waals surface area contributed by atoms with Gasteiger partial charge in [0.05, 0.1) is 5.02 Å². The zero-order valence-electron chi connectivity index (χ0n) is 10.8. The molecule has 1 saturated heterocycles. The van der Waals surface area contributed by atoms with E-state index in [1.807, 2.05) is 12.1 Å². The fraction of sp³-hybridized carbons (Fsp3) is 0.600. The molecule has 1 aliphatic carbocycles. The molecule has 1 aromatic rings. The Morgan fingerprint density at radius 2 is 2.11 bits per heavy atom. The molecular weight excluding hydrogens is 246 g/mol. The van der Waals surface area contributed by atoms with Gasteiger partial charge in [-0.3, -0.25) is 0 Å². The van der Waals surface area contributed by atoms with Gasteiger partial charge in [0, 0.05) is 12.5 Å². The van der Waals surface area contributed by atoms with E-state index in [0.717, 1.165) is 29.8 Å². The average Bonchev–Trinajstić information content (AvgIpc) is 3.03. The number of hydrogen-bond acceptors (Lipinski definition) is 2. The summed E-state index contributed by atoms with van der Waals surface area (Å²) >= 11 is 6.26. The normalized spacial score (nSPS) is 25.1. The Labute approximate surface area is 114 Å². The van der Waals surface area contributed by atoms with Crippen LogP contribution < -0.4 is 10.1 Å². The molecule has 1 saturated carbocycles. The Bertz CT molecular complexity index is 425. The van der Waals surface area contributed by atoms with Crippen LogP contribution in [0.2, 0.25) is 5.02 Å². The second-order valence-electron chi connectivity index (χ2n) is 5.61. The van der Waals surface area contributed by atoms with Gasteiger partial charge in [-0.15, -0.1) is 0 Å². The van der Waals surface area contributed by atoms with Gasteiger partial charge in [0.25, 0.3) is 0 Å². The van der Waals surface area contributed by atoms with Gasteiger partial charge in [0.1, 0.15) is 11.9 Å². The summed E-state index contributed by atoms with van der Waals surface area (Å²) in [6.45, 7) is 4.26. The lowest BCUT2D eigenvalue weighted by molar-refractivity contribution is 0.121. The molecule has 1 N–H and O–H groups in total. The van der Waals surface area contributed by atoms with Crippen molar-refractivity contribution in [1.29, 1.82) is 0 Å². The van der Waals surface area contributed by atoms with Crippen LogP contribution in [0.5, 0.6) is 5.75 Å². The quantitative estimate of drug-likeness (QED) is 0.901. The van der Waals surface area contributed by atoms with Crippen LogP contribution in [-0.2, 0) is 0 Å². The minimum Gasteiger partial charge on any atom is -0.488 e. The number of rotatable bonds is 4. The molecule has 0 amide bonds. The predicted octanol–water partition coefficient (Wildman–Crippen LogP) is 3.42. The van der Waals surface area contributed by atoms with E-state index in [-0.39, 0.29) is 0 Å². The highest BCUT2D eigenvalue weighted by Gasteiger charge is 2.39. The molecule has 3 heteroatoms. The van der Waals surface area contributed by atoms with Crippen LogP contribution >= 0.6 is 11.6 Å². The van der Waals surface area contributed by atoms with Gasteiger partial charge in [-0.1, -0.05) is 17.7 Å². The number of ether oxygens (including phenoxy) is 1.